The molecule has 0 N–H and O–H groups in total. The van der Waals surface area contributed by atoms with E-state index in [1.165, 1.54) is 143 Å². The molecule has 1 aliphatic carbocycles. The second-order valence-electron chi connectivity index (χ2n) is 40.0. The summed E-state index contributed by atoms with van der Waals surface area (Å²) in [6.45, 7) is 51.9. The fourth-order valence-electron chi connectivity index (χ4n) is 19.2. The zero-order chi connectivity index (χ0) is 76.7. The van der Waals surface area contributed by atoms with Crippen LogP contribution in [0.5, 0.6) is 0 Å². The largest absolute Gasteiger partial charge is 0.311 e. The van der Waals surface area contributed by atoms with E-state index in [0.29, 0.717) is 0 Å². The third kappa shape index (κ3) is 11.2. The van der Waals surface area contributed by atoms with Crippen LogP contribution in [0.1, 0.15) is 203 Å². The first kappa shape index (κ1) is 70.4. The van der Waals surface area contributed by atoms with Gasteiger partial charge >= 0.3 is 0 Å². The molecular formula is C103H106BN5. The van der Waals surface area contributed by atoms with E-state index in [-0.39, 0.29) is 50.0 Å². The minimum Gasteiger partial charge on any atom is -0.311 e. The molecule has 0 unspecified atom stereocenters. The highest BCUT2D eigenvalue weighted by Gasteiger charge is 2.46. The van der Waals surface area contributed by atoms with Crippen molar-refractivity contribution >= 4 is 123 Å². The number of para-hydroxylation sites is 2. The number of hydrogen-bond acceptors (Lipinski definition) is 2. The zero-order valence-corrected chi connectivity index (χ0v) is 68.5. The first-order valence-corrected chi connectivity index (χ1v) is 40.0. The van der Waals surface area contributed by atoms with Gasteiger partial charge in [-0.1, -0.05) is 262 Å². The molecule has 5 heterocycles. The van der Waals surface area contributed by atoms with Crippen LogP contribution >= 0.6 is 0 Å². The molecule has 0 spiro atoms. The second-order valence-corrected chi connectivity index (χ2v) is 40.0. The van der Waals surface area contributed by atoms with Crippen molar-refractivity contribution in [2.75, 3.05) is 9.80 Å². The van der Waals surface area contributed by atoms with Crippen molar-refractivity contribution in [3.05, 3.63) is 275 Å². The highest BCUT2D eigenvalue weighted by molar-refractivity contribution is 7.00. The van der Waals surface area contributed by atoms with E-state index in [4.69, 9.17) is 0 Å². The average molecular weight is 1420 g/mol. The van der Waals surface area contributed by atoms with Crippen molar-refractivity contribution in [3.8, 4) is 28.2 Å². The Morgan fingerprint density at radius 2 is 0.596 bits per heavy atom. The van der Waals surface area contributed by atoms with Gasteiger partial charge < -0.3 is 23.5 Å². The van der Waals surface area contributed by atoms with E-state index < -0.39 is 0 Å². The first-order chi connectivity index (χ1) is 51.3. The monoisotopic (exact) mass is 1420 g/mol. The Morgan fingerprint density at radius 3 is 1.00 bits per heavy atom. The maximum absolute atomic E-state index is 2.70. The molecule has 6 heteroatoms. The molecule has 0 bridgehead atoms. The van der Waals surface area contributed by atoms with Crippen LogP contribution in [0, 0.1) is 0 Å². The summed E-state index contributed by atoms with van der Waals surface area (Å²) in [6.07, 6.45) is 1.12. The normalized spacial score (nSPS) is 15.1. The van der Waals surface area contributed by atoms with Crippen molar-refractivity contribution < 1.29 is 0 Å². The Morgan fingerprint density at radius 1 is 0.257 bits per heavy atom. The van der Waals surface area contributed by atoms with Crippen LogP contribution in [0.15, 0.2) is 231 Å². The lowest BCUT2D eigenvalue weighted by Gasteiger charge is -2.45. The van der Waals surface area contributed by atoms with Gasteiger partial charge in [-0.05, 0) is 243 Å². The van der Waals surface area contributed by atoms with Crippen LogP contribution in [0.2, 0.25) is 0 Å². The Hall–Kier alpha value is -10.3. The minimum absolute atomic E-state index is 0.0438. The highest BCUT2D eigenvalue weighted by atomic mass is 15.2. The molecule has 18 rings (SSSR count). The second kappa shape index (κ2) is 23.6. The molecule has 15 aromatic rings. The van der Waals surface area contributed by atoms with E-state index in [9.17, 15) is 0 Å². The highest BCUT2D eigenvalue weighted by Crippen LogP contribution is 2.53. The molecule has 109 heavy (non-hydrogen) atoms. The first-order valence-electron chi connectivity index (χ1n) is 40.0. The van der Waals surface area contributed by atoms with Crippen LogP contribution in [0.25, 0.3) is 93.6 Å². The summed E-state index contributed by atoms with van der Waals surface area (Å²) in [4.78, 5) is 5.36. The molecule has 546 valence electrons. The number of rotatable bonds is 6. The van der Waals surface area contributed by atoms with Gasteiger partial charge in [-0.25, -0.2) is 0 Å². The number of fused-ring (bicyclic) bond motifs is 14. The Balaban J connectivity index is 0.972. The van der Waals surface area contributed by atoms with E-state index >= 15 is 0 Å². The molecule has 0 fully saturated rings. The van der Waals surface area contributed by atoms with Crippen molar-refractivity contribution in [1.82, 2.24) is 13.7 Å². The summed E-state index contributed by atoms with van der Waals surface area (Å²) >= 11 is 0. The Bertz CT molecular complexity index is 6100. The van der Waals surface area contributed by atoms with Crippen LogP contribution in [0.4, 0.5) is 34.1 Å². The van der Waals surface area contributed by atoms with Crippen LogP contribution in [-0.4, -0.2) is 20.4 Å². The lowest BCUT2D eigenvalue weighted by Crippen LogP contribution is -2.61. The molecule has 0 atom stereocenters. The fourth-order valence-corrected chi connectivity index (χ4v) is 19.2. The van der Waals surface area contributed by atoms with E-state index in [0.717, 1.165) is 51.9 Å². The van der Waals surface area contributed by atoms with Gasteiger partial charge in [0.1, 0.15) is 0 Å². The van der Waals surface area contributed by atoms with Gasteiger partial charge in [-0.15, -0.1) is 0 Å². The lowest BCUT2D eigenvalue weighted by atomic mass is 9.33. The molecule has 3 aliphatic rings. The quantitative estimate of drug-likeness (QED) is 0.155. The maximum atomic E-state index is 2.70. The van der Waals surface area contributed by atoms with Crippen LogP contribution < -0.4 is 26.2 Å². The van der Waals surface area contributed by atoms with Gasteiger partial charge in [0.15, 0.2) is 0 Å². The summed E-state index contributed by atoms with van der Waals surface area (Å²) in [5.41, 5.74) is 34.1. The summed E-state index contributed by atoms with van der Waals surface area (Å²) in [5, 5.41) is 7.57. The summed E-state index contributed by atoms with van der Waals surface area (Å²) in [5.74, 6) is 0. The number of aromatic nitrogens is 3. The molecular weight excluding hydrogens is 1320 g/mol. The van der Waals surface area contributed by atoms with Gasteiger partial charge in [0.2, 0.25) is 0 Å². The van der Waals surface area contributed by atoms with Crippen molar-refractivity contribution in [2.24, 2.45) is 0 Å². The molecule has 12 aromatic carbocycles. The molecule has 0 amide bonds. The molecule has 0 saturated heterocycles. The standard InChI is InChI=1S/C103H106BN5/c1-96(2,3)64-34-45-87-77(53-64)78-54-65(97(4,5)6)35-46-88(78)106(87)71-40-43-83-91(57-71)105(70-38-31-62(32-39-70)63-33-42-81-82(49-63)103(21,22)61-102(81,19)20)93-59-74(108-85-29-25-23-27-75(85)76-28-24-26-30-86(76)108)60-94-95(93)104(83)84-44-41-72(58-92(84)109(94)73-51-68(100(13,14)15)50-69(52-73)101(16,17)18)107-89-47-36-66(98(7,8)9)55-79(89)80-56-67(99(10,11)12)37-48-90(80)107/h23-60H,61H2,1-22H3. The van der Waals surface area contributed by atoms with Crippen molar-refractivity contribution in [1.29, 1.82) is 0 Å². The van der Waals surface area contributed by atoms with Gasteiger partial charge in [-0.2, -0.15) is 0 Å². The number of nitrogens with zero attached hydrogens (tertiary/aromatic N) is 5. The summed E-state index contributed by atoms with van der Waals surface area (Å²) in [6, 6.07) is 91.7. The lowest BCUT2D eigenvalue weighted by molar-refractivity contribution is 0.403. The molecule has 3 aromatic heterocycles. The predicted octanol–water partition coefficient (Wildman–Crippen LogP) is 26.5. The smallest absolute Gasteiger partial charge is 0.252 e. The third-order valence-electron chi connectivity index (χ3n) is 25.1. The van der Waals surface area contributed by atoms with Gasteiger partial charge in [0, 0.05) is 77.8 Å². The van der Waals surface area contributed by atoms with E-state index in [1.807, 2.05) is 0 Å². The predicted molar refractivity (Wildman–Crippen MR) is 472 cm³/mol. The Kier molecular flexibility index (Phi) is 15.2. The molecule has 2 aliphatic heterocycles. The summed E-state index contributed by atoms with van der Waals surface area (Å²) in [7, 11) is 0. The number of hydrogen-bond donors (Lipinski definition) is 0. The summed E-state index contributed by atoms with van der Waals surface area (Å²) < 4.78 is 7.69. The minimum atomic E-state index is -0.201. The van der Waals surface area contributed by atoms with E-state index in [1.54, 1.807) is 0 Å². The molecule has 0 radical (unpaired) electrons. The number of anilines is 6. The van der Waals surface area contributed by atoms with Gasteiger partial charge in [0.25, 0.3) is 6.71 Å². The SMILES string of the molecule is CC(C)(C)c1cc(N2c3cc(-n4c5ccc(C(C)(C)C)cc5c5cc(C(C)(C)C)ccc54)ccc3B3c4ccc(-n5c6ccc(C(C)(C)C)cc6c6cc(C(C)(C)C)ccc65)cc4N(c4ccc(-c5ccc6c(c5)C(C)(C)CC6(C)C)cc4)c4cc(-n5c6ccccc6c6ccccc65)cc2c43)cc(C(C)(C)C)c1. The Labute approximate surface area is 647 Å². The van der Waals surface area contributed by atoms with Gasteiger partial charge in [-0.3, -0.25) is 0 Å². The molecule has 5 nitrogen and oxygen atoms in total. The number of benzene rings is 12. The molecule has 0 saturated carbocycles. The fraction of sp³-hybridized carbons (Fsp3) is 0.301. The van der Waals surface area contributed by atoms with E-state index in [2.05, 4.69) is 406 Å². The average Bonchev–Trinajstić information content (AvgIpc) is 0.720. The van der Waals surface area contributed by atoms with Crippen LogP contribution in [-0.2, 0) is 43.3 Å². The zero-order valence-electron chi connectivity index (χ0n) is 68.5. The van der Waals surface area contributed by atoms with Crippen molar-refractivity contribution in [3.63, 3.8) is 0 Å². The third-order valence-corrected chi connectivity index (χ3v) is 25.1. The topological polar surface area (TPSA) is 21.3 Å². The van der Waals surface area contributed by atoms with Crippen molar-refractivity contribution in [2.45, 2.75) is 202 Å². The van der Waals surface area contributed by atoms with Crippen LogP contribution in [0.3, 0.4) is 0 Å². The van der Waals surface area contributed by atoms with Gasteiger partial charge in [0.05, 0.1) is 38.8 Å². The maximum Gasteiger partial charge on any atom is 0.252 e.